The van der Waals surface area contributed by atoms with Crippen LogP contribution in [0.2, 0.25) is 0 Å². The van der Waals surface area contributed by atoms with Gasteiger partial charge in [-0.1, -0.05) is 6.07 Å². The number of carbonyl (C=O) groups is 2. The van der Waals surface area contributed by atoms with Crippen LogP contribution in [0.15, 0.2) is 47.4 Å². The van der Waals surface area contributed by atoms with Crippen LogP contribution in [0.25, 0.3) is 5.76 Å². The van der Waals surface area contributed by atoms with E-state index in [-0.39, 0.29) is 11.3 Å². The summed E-state index contributed by atoms with van der Waals surface area (Å²) in [7, 11) is 0. The van der Waals surface area contributed by atoms with E-state index in [2.05, 4.69) is 4.90 Å². The number of aliphatic hydroxyl groups is 1. The first-order valence-electron chi connectivity index (χ1n) is 9.44. The van der Waals surface area contributed by atoms with Crippen LogP contribution in [-0.2, 0) is 14.3 Å². The Morgan fingerprint density at radius 2 is 1.86 bits per heavy atom. The smallest absolute Gasteiger partial charge is 0.295 e. The molecule has 0 bridgehead atoms. The third-order valence-corrected chi connectivity index (χ3v) is 6.16. The quantitative estimate of drug-likeness (QED) is 0.461. The number of ether oxygens (including phenoxy) is 1. The van der Waals surface area contributed by atoms with E-state index in [1.54, 1.807) is 0 Å². The van der Waals surface area contributed by atoms with Gasteiger partial charge in [0.25, 0.3) is 11.7 Å². The van der Waals surface area contributed by atoms with Gasteiger partial charge in [-0.2, -0.15) is 0 Å². The lowest BCUT2D eigenvalue weighted by Gasteiger charge is -2.30. The molecule has 0 unspecified atom stereocenters. The Hall–Kier alpha value is -2.55. The Morgan fingerprint density at radius 3 is 2.52 bits per heavy atom. The van der Waals surface area contributed by atoms with Crippen LogP contribution in [0.4, 0.5) is 4.39 Å². The van der Waals surface area contributed by atoms with E-state index in [1.807, 2.05) is 17.5 Å². The summed E-state index contributed by atoms with van der Waals surface area (Å²) in [6.45, 7) is 3.85. The summed E-state index contributed by atoms with van der Waals surface area (Å²) in [6, 6.07) is 8.27. The molecule has 1 aromatic heterocycles. The lowest BCUT2D eigenvalue weighted by atomic mass is 10.00. The zero-order chi connectivity index (χ0) is 20.4. The van der Waals surface area contributed by atoms with E-state index in [9.17, 15) is 19.1 Å². The lowest BCUT2D eigenvalue weighted by Crippen LogP contribution is -2.42. The average molecular weight is 416 g/mol. The van der Waals surface area contributed by atoms with Crippen molar-refractivity contribution >= 4 is 28.8 Å². The molecule has 0 radical (unpaired) electrons. The van der Waals surface area contributed by atoms with Crippen LogP contribution >= 0.6 is 11.3 Å². The highest BCUT2D eigenvalue weighted by atomic mass is 32.1. The standard InChI is InChI=1S/C21H21FN2O4S/c22-15-5-3-14(4-6-15)19(25)17-18(16-2-1-13-29-16)24(21(27)20(17)26)8-7-23-9-11-28-12-10-23/h1-6,13,18,25H,7-12H2/b19-17+/t18-/m1/s1. The Bertz CT molecular complexity index is 921. The summed E-state index contributed by atoms with van der Waals surface area (Å²) in [5.74, 6) is -2.06. The Balaban J connectivity index is 1.68. The number of Topliss-reactive ketones (excluding diaryl/α,β-unsaturated/α-hetero) is 1. The van der Waals surface area contributed by atoms with Crippen molar-refractivity contribution in [1.29, 1.82) is 0 Å². The molecule has 2 fully saturated rings. The maximum absolute atomic E-state index is 13.3. The van der Waals surface area contributed by atoms with Crippen molar-refractivity contribution in [3.8, 4) is 0 Å². The van der Waals surface area contributed by atoms with E-state index < -0.39 is 23.5 Å². The molecular weight excluding hydrogens is 395 g/mol. The highest BCUT2D eigenvalue weighted by Gasteiger charge is 2.46. The number of morpholine rings is 1. The third kappa shape index (κ3) is 3.96. The predicted molar refractivity (Wildman–Crippen MR) is 107 cm³/mol. The summed E-state index contributed by atoms with van der Waals surface area (Å²) in [5.41, 5.74) is 0.352. The number of thiophene rings is 1. The molecule has 152 valence electrons. The molecule has 0 saturated carbocycles. The van der Waals surface area contributed by atoms with E-state index >= 15 is 0 Å². The molecule has 2 aromatic rings. The van der Waals surface area contributed by atoms with Crippen molar-refractivity contribution < 1.29 is 23.8 Å². The van der Waals surface area contributed by atoms with Gasteiger partial charge < -0.3 is 14.7 Å². The number of halogens is 1. The maximum Gasteiger partial charge on any atom is 0.295 e. The first-order valence-corrected chi connectivity index (χ1v) is 10.3. The second-order valence-corrected chi connectivity index (χ2v) is 7.95. The van der Waals surface area contributed by atoms with Crippen molar-refractivity contribution in [3.05, 3.63) is 63.6 Å². The minimum atomic E-state index is -0.716. The van der Waals surface area contributed by atoms with Gasteiger partial charge in [0, 0.05) is 36.6 Å². The van der Waals surface area contributed by atoms with Crippen molar-refractivity contribution in [3.63, 3.8) is 0 Å². The number of hydrogen-bond donors (Lipinski definition) is 1. The number of aliphatic hydroxyl groups excluding tert-OH is 1. The summed E-state index contributed by atoms with van der Waals surface area (Å²) >= 11 is 1.42. The van der Waals surface area contributed by atoms with Gasteiger partial charge in [-0.05, 0) is 35.7 Å². The van der Waals surface area contributed by atoms with Crippen LogP contribution < -0.4 is 0 Å². The topological polar surface area (TPSA) is 70.1 Å². The Morgan fingerprint density at radius 1 is 1.14 bits per heavy atom. The number of carbonyl (C=O) groups excluding carboxylic acids is 2. The number of benzene rings is 1. The Kier molecular flexibility index (Phi) is 5.75. The monoisotopic (exact) mass is 416 g/mol. The maximum atomic E-state index is 13.3. The molecule has 6 nitrogen and oxygen atoms in total. The molecule has 1 amide bonds. The zero-order valence-electron chi connectivity index (χ0n) is 15.7. The second kappa shape index (κ2) is 8.44. The molecule has 8 heteroatoms. The molecule has 0 spiro atoms. The number of likely N-dealkylation sites (tertiary alicyclic amines) is 1. The number of ketones is 1. The third-order valence-electron chi connectivity index (χ3n) is 5.23. The van der Waals surface area contributed by atoms with Gasteiger partial charge in [-0.25, -0.2) is 4.39 Å². The molecular formula is C21H21FN2O4S. The summed E-state index contributed by atoms with van der Waals surface area (Å²) in [6.07, 6.45) is 0. The van der Waals surface area contributed by atoms with Crippen molar-refractivity contribution in [2.24, 2.45) is 0 Å². The van der Waals surface area contributed by atoms with Gasteiger partial charge >= 0.3 is 0 Å². The number of amides is 1. The average Bonchev–Trinajstić information content (AvgIpc) is 3.35. The van der Waals surface area contributed by atoms with E-state index in [1.165, 1.54) is 40.5 Å². The van der Waals surface area contributed by atoms with Crippen molar-refractivity contribution in [2.75, 3.05) is 39.4 Å². The fourth-order valence-electron chi connectivity index (χ4n) is 3.69. The normalized spacial score (nSPS) is 22.4. The number of hydrogen-bond acceptors (Lipinski definition) is 6. The Labute approximate surface area is 171 Å². The number of nitrogens with zero attached hydrogens (tertiary/aromatic N) is 2. The molecule has 3 heterocycles. The SMILES string of the molecule is O=C1C(=O)N(CCN2CCOCC2)[C@H](c2cccs2)/C1=C(\O)c1ccc(F)cc1. The highest BCUT2D eigenvalue weighted by Crippen LogP contribution is 2.40. The second-order valence-electron chi connectivity index (χ2n) is 6.97. The van der Waals surface area contributed by atoms with Crippen LogP contribution in [0, 0.1) is 5.82 Å². The van der Waals surface area contributed by atoms with Crippen LogP contribution in [0.3, 0.4) is 0 Å². The highest BCUT2D eigenvalue weighted by molar-refractivity contribution is 7.10. The van der Waals surface area contributed by atoms with Gasteiger partial charge in [0.05, 0.1) is 24.8 Å². The molecule has 2 aliphatic heterocycles. The molecule has 1 N–H and O–H groups in total. The van der Waals surface area contributed by atoms with Gasteiger partial charge in [-0.3, -0.25) is 14.5 Å². The van der Waals surface area contributed by atoms with Crippen molar-refractivity contribution in [1.82, 2.24) is 9.80 Å². The van der Waals surface area contributed by atoms with Gasteiger partial charge in [0.15, 0.2) is 0 Å². The predicted octanol–water partition coefficient (Wildman–Crippen LogP) is 2.64. The lowest BCUT2D eigenvalue weighted by molar-refractivity contribution is -0.140. The fraction of sp³-hybridized carbons (Fsp3) is 0.333. The van der Waals surface area contributed by atoms with Gasteiger partial charge in [-0.15, -0.1) is 11.3 Å². The van der Waals surface area contributed by atoms with E-state index in [0.29, 0.717) is 31.9 Å². The molecule has 2 aliphatic rings. The first-order chi connectivity index (χ1) is 14.1. The van der Waals surface area contributed by atoms with E-state index in [0.717, 1.165) is 18.0 Å². The molecule has 0 aliphatic carbocycles. The summed E-state index contributed by atoms with van der Waals surface area (Å²) < 4.78 is 18.6. The van der Waals surface area contributed by atoms with Gasteiger partial charge in [0.2, 0.25) is 0 Å². The summed E-state index contributed by atoms with van der Waals surface area (Å²) in [5, 5.41) is 12.7. The first kappa shape index (κ1) is 19.8. The zero-order valence-corrected chi connectivity index (χ0v) is 16.5. The molecule has 29 heavy (non-hydrogen) atoms. The molecule has 2 saturated heterocycles. The van der Waals surface area contributed by atoms with Crippen molar-refractivity contribution in [2.45, 2.75) is 6.04 Å². The minimum Gasteiger partial charge on any atom is -0.507 e. The minimum absolute atomic E-state index is 0.0473. The summed E-state index contributed by atoms with van der Waals surface area (Å²) in [4.78, 5) is 30.2. The van der Waals surface area contributed by atoms with Gasteiger partial charge in [0.1, 0.15) is 11.6 Å². The van der Waals surface area contributed by atoms with Crippen LogP contribution in [0.5, 0.6) is 0 Å². The fourth-order valence-corrected chi connectivity index (χ4v) is 4.54. The molecule has 1 aromatic carbocycles. The number of rotatable bonds is 5. The molecule has 4 rings (SSSR count). The molecule has 1 atom stereocenters. The van der Waals surface area contributed by atoms with E-state index in [4.69, 9.17) is 4.74 Å². The van der Waals surface area contributed by atoms with Crippen LogP contribution in [0.1, 0.15) is 16.5 Å². The largest absolute Gasteiger partial charge is 0.507 e. The van der Waals surface area contributed by atoms with Crippen LogP contribution in [-0.4, -0.2) is 66.0 Å².